The first kappa shape index (κ1) is 19.1. The van der Waals surface area contributed by atoms with Crippen LogP contribution in [0.3, 0.4) is 0 Å². The Morgan fingerprint density at radius 1 is 1.27 bits per heavy atom. The van der Waals surface area contributed by atoms with E-state index < -0.39 is 11.7 Å². The van der Waals surface area contributed by atoms with Crippen LogP contribution in [0.1, 0.15) is 23.6 Å². The van der Waals surface area contributed by atoms with Crippen LogP contribution in [-0.2, 0) is 15.7 Å². The van der Waals surface area contributed by atoms with E-state index in [1.165, 1.54) is 12.1 Å². The molecule has 2 aliphatic rings. The van der Waals surface area contributed by atoms with Crippen molar-refractivity contribution in [2.24, 2.45) is 5.92 Å². The van der Waals surface area contributed by atoms with Crippen LogP contribution in [-0.4, -0.2) is 56.7 Å². The summed E-state index contributed by atoms with van der Waals surface area (Å²) in [5, 5.41) is 6.14. The smallest absolute Gasteiger partial charge is 0.379 e. The number of morpholine rings is 1. The van der Waals surface area contributed by atoms with Crippen LogP contribution in [0, 0.1) is 5.92 Å². The van der Waals surface area contributed by atoms with Crippen molar-refractivity contribution in [2.75, 3.05) is 45.9 Å². The number of halogens is 3. The molecule has 0 aliphatic carbocycles. The maximum atomic E-state index is 12.8. The molecule has 2 fully saturated rings. The number of nitrogens with one attached hydrogen (secondary N) is 2. The van der Waals surface area contributed by atoms with Gasteiger partial charge < -0.3 is 15.4 Å². The lowest BCUT2D eigenvalue weighted by Gasteiger charge is -2.35. The fourth-order valence-corrected chi connectivity index (χ4v) is 3.46. The van der Waals surface area contributed by atoms with Crippen LogP contribution in [0.15, 0.2) is 24.3 Å². The van der Waals surface area contributed by atoms with E-state index in [0.717, 1.165) is 30.7 Å². The van der Waals surface area contributed by atoms with Crippen molar-refractivity contribution in [1.82, 2.24) is 15.5 Å². The molecule has 5 nitrogen and oxygen atoms in total. The molecular weight excluding hydrogens is 347 g/mol. The third kappa shape index (κ3) is 4.75. The van der Waals surface area contributed by atoms with Crippen molar-refractivity contribution >= 4 is 5.91 Å². The van der Waals surface area contributed by atoms with Gasteiger partial charge in [0.05, 0.1) is 30.7 Å². The van der Waals surface area contributed by atoms with Crippen molar-refractivity contribution in [3.05, 3.63) is 35.4 Å². The first-order valence-electron chi connectivity index (χ1n) is 8.92. The zero-order valence-corrected chi connectivity index (χ0v) is 14.5. The first-order valence-corrected chi connectivity index (χ1v) is 8.92. The van der Waals surface area contributed by atoms with E-state index in [1.54, 1.807) is 0 Å². The van der Waals surface area contributed by atoms with Gasteiger partial charge in [0.2, 0.25) is 5.91 Å². The minimum atomic E-state index is -4.35. The number of ether oxygens (including phenoxy) is 1. The van der Waals surface area contributed by atoms with E-state index in [4.69, 9.17) is 4.74 Å². The molecule has 144 valence electrons. The van der Waals surface area contributed by atoms with Crippen LogP contribution < -0.4 is 10.6 Å². The number of rotatable bonds is 5. The quantitative estimate of drug-likeness (QED) is 0.829. The standard InChI is InChI=1S/C18H24F3N3O2/c19-18(20,21)15-3-1-13(2-4-15)16(24-7-9-26-10-8-24)12-23-17(25)14-5-6-22-11-14/h1-4,14,16,22H,5-12H2,(H,23,25). The summed E-state index contributed by atoms with van der Waals surface area (Å²) in [7, 11) is 0. The van der Waals surface area contributed by atoms with Gasteiger partial charge in [-0.2, -0.15) is 13.2 Å². The van der Waals surface area contributed by atoms with Gasteiger partial charge in [-0.05, 0) is 30.7 Å². The molecular formula is C18H24F3N3O2. The lowest BCUT2D eigenvalue weighted by molar-refractivity contribution is -0.137. The number of nitrogens with zero attached hydrogens (tertiary/aromatic N) is 1. The topological polar surface area (TPSA) is 53.6 Å². The van der Waals surface area contributed by atoms with Crippen molar-refractivity contribution in [3.8, 4) is 0 Å². The molecule has 26 heavy (non-hydrogen) atoms. The molecule has 2 heterocycles. The highest BCUT2D eigenvalue weighted by atomic mass is 19.4. The van der Waals surface area contributed by atoms with E-state index in [9.17, 15) is 18.0 Å². The van der Waals surface area contributed by atoms with E-state index in [1.807, 2.05) is 0 Å². The van der Waals surface area contributed by atoms with Gasteiger partial charge in [-0.3, -0.25) is 9.69 Å². The molecule has 2 N–H and O–H groups in total. The largest absolute Gasteiger partial charge is 0.416 e. The summed E-state index contributed by atoms with van der Waals surface area (Å²) in [5.41, 5.74) is 0.104. The van der Waals surface area contributed by atoms with Gasteiger partial charge in [0.25, 0.3) is 0 Å². The summed E-state index contributed by atoms with van der Waals surface area (Å²) < 4.78 is 43.8. The number of alkyl halides is 3. The Balaban J connectivity index is 1.71. The van der Waals surface area contributed by atoms with E-state index in [-0.39, 0.29) is 17.9 Å². The Morgan fingerprint density at radius 3 is 2.54 bits per heavy atom. The highest BCUT2D eigenvalue weighted by Crippen LogP contribution is 2.31. The van der Waals surface area contributed by atoms with E-state index >= 15 is 0 Å². The highest BCUT2D eigenvalue weighted by Gasteiger charge is 2.31. The molecule has 3 rings (SSSR count). The summed E-state index contributed by atoms with van der Waals surface area (Å²) in [6.45, 7) is 4.42. The SMILES string of the molecule is O=C(NCC(c1ccc(C(F)(F)F)cc1)N1CCOCC1)C1CCNC1. The van der Waals surface area contributed by atoms with Crippen molar-refractivity contribution in [2.45, 2.75) is 18.6 Å². The van der Waals surface area contributed by atoms with Crippen LogP contribution in [0.25, 0.3) is 0 Å². The summed E-state index contributed by atoms with van der Waals surface area (Å²) in [6, 6.07) is 5.05. The molecule has 0 spiro atoms. The van der Waals surface area contributed by atoms with E-state index in [2.05, 4.69) is 15.5 Å². The molecule has 2 unspecified atom stereocenters. The molecule has 1 aromatic carbocycles. The summed E-state index contributed by atoms with van der Waals surface area (Å²) >= 11 is 0. The molecule has 0 bridgehead atoms. The molecule has 2 atom stereocenters. The molecule has 0 aromatic heterocycles. The van der Waals surface area contributed by atoms with Gasteiger partial charge in [0, 0.05) is 26.2 Å². The molecule has 8 heteroatoms. The minimum absolute atomic E-state index is 0.000158. The Labute approximate surface area is 150 Å². The molecule has 1 amide bonds. The average molecular weight is 371 g/mol. The zero-order chi connectivity index (χ0) is 18.6. The molecule has 2 saturated heterocycles. The highest BCUT2D eigenvalue weighted by molar-refractivity contribution is 5.79. The Hall–Kier alpha value is -1.64. The predicted octanol–water partition coefficient (Wildman–Crippen LogP) is 1.80. The normalized spacial score (nSPS) is 23.0. The lowest BCUT2D eigenvalue weighted by Crippen LogP contribution is -2.45. The average Bonchev–Trinajstić information content (AvgIpc) is 3.17. The van der Waals surface area contributed by atoms with Gasteiger partial charge in [-0.1, -0.05) is 12.1 Å². The number of benzene rings is 1. The van der Waals surface area contributed by atoms with Gasteiger partial charge in [0.15, 0.2) is 0 Å². The van der Waals surface area contributed by atoms with Gasteiger partial charge in [-0.25, -0.2) is 0 Å². The Bertz CT molecular complexity index is 595. The fraction of sp³-hybridized carbons (Fsp3) is 0.611. The van der Waals surface area contributed by atoms with Crippen molar-refractivity contribution < 1.29 is 22.7 Å². The maximum absolute atomic E-state index is 12.8. The van der Waals surface area contributed by atoms with Crippen LogP contribution in [0.2, 0.25) is 0 Å². The monoisotopic (exact) mass is 371 g/mol. The van der Waals surface area contributed by atoms with Crippen LogP contribution in [0.4, 0.5) is 13.2 Å². The third-order valence-electron chi connectivity index (χ3n) is 5.01. The van der Waals surface area contributed by atoms with Gasteiger partial charge in [-0.15, -0.1) is 0 Å². The predicted molar refractivity (Wildman–Crippen MR) is 90.6 cm³/mol. The van der Waals surface area contributed by atoms with Gasteiger partial charge in [0.1, 0.15) is 0 Å². The minimum Gasteiger partial charge on any atom is -0.379 e. The second kappa shape index (κ2) is 8.37. The fourth-order valence-electron chi connectivity index (χ4n) is 3.46. The summed E-state index contributed by atoms with van der Waals surface area (Å²) in [5.74, 6) is -0.0342. The third-order valence-corrected chi connectivity index (χ3v) is 5.01. The summed E-state index contributed by atoms with van der Waals surface area (Å²) in [4.78, 5) is 14.5. The molecule has 0 radical (unpaired) electrons. The number of hydrogen-bond acceptors (Lipinski definition) is 4. The van der Waals surface area contributed by atoms with Crippen molar-refractivity contribution in [1.29, 1.82) is 0 Å². The number of amides is 1. The Morgan fingerprint density at radius 2 is 1.96 bits per heavy atom. The second-order valence-electron chi connectivity index (χ2n) is 6.72. The molecule has 1 aromatic rings. The van der Waals surface area contributed by atoms with E-state index in [0.29, 0.717) is 39.4 Å². The molecule has 0 saturated carbocycles. The van der Waals surface area contributed by atoms with Crippen LogP contribution in [0.5, 0.6) is 0 Å². The lowest BCUT2D eigenvalue weighted by atomic mass is 10.0. The van der Waals surface area contributed by atoms with Crippen molar-refractivity contribution in [3.63, 3.8) is 0 Å². The first-order chi connectivity index (χ1) is 12.4. The van der Waals surface area contributed by atoms with Gasteiger partial charge >= 0.3 is 6.18 Å². The summed E-state index contributed by atoms with van der Waals surface area (Å²) in [6.07, 6.45) is -3.54. The van der Waals surface area contributed by atoms with Crippen LogP contribution >= 0.6 is 0 Å². The number of hydrogen-bond donors (Lipinski definition) is 2. The molecule has 2 aliphatic heterocycles. The Kier molecular flexibility index (Phi) is 6.16. The number of carbonyl (C=O) groups is 1. The zero-order valence-electron chi connectivity index (χ0n) is 14.5. The maximum Gasteiger partial charge on any atom is 0.416 e. The number of carbonyl (C=O) groups excluding carboxylic acids is 1. The second-order valence-corrected chi connectivity index (χ2v) is 6.72.